The van der Waals surface area contributed by atoms with Crippen LogP contribution in [0.15, 0.2) is 11.6 Å². The van der Waals surface area contributed by atoms with Gasteiger partial charge in [0.25, 0.3) is 0 Å². The van der Waals surface area contributed by atoms with E-state index in [1.807, 2.05) is 6.92 Å². The molecule has 1 rings (SSSR count). The second kappa shape index (κ2) is 2.86. The molecule has 1 fully saturated rings. The van der Waals surface area contributed by atoms with Crippen LogP contribution < -0.4 is 0 Å². The molecular formula is C8H12O2. The van der Waals surface area contributed by atoms with Crippen molar-refractivity contribution in [3.63, 3.8) is 0 Å². The highest BCUT2D eigenvalue weighted by molar-refractivity contribution is 5.67. The number of carboxylic acids is 1. The lowest BCUT2D eigenvalue weighted by Crippen LogP contribution is -2.00. The van der Waals surface area contributed by atoms with Crippen molar-refractivity contribution >= 4 is 5.97 Å². The Morgan fingerprint density at radius 3 is 2.80 bits per heavy atom. The van der Waals surface area contributed by atoms with E-state index < -0.39 is 5.97 Å². The Labute approximate surface area is 60.6 Å². The van der Waals surface area contributed by atoms with E-state index >= 15 is 0 Å². The number of hydrogen-bond donors (Lipinski definition) is 1. The molecule has 1 atom stereocenters. The number of hydrogen-bond acceptors (Lipinski definition) is 1. The summed E-state index contributed by atoms with van der Waals surface area (Å²) in [7, 11) is 0. The van der Waals surface area contributed by atoms with Crippen molar-refractivity contribution in [3.8, 4) is 0 Å². The fourth-order valence-electron chi connectivity index (χ4n) is 0.976. The summed E-state index contributed by atoms with van der Waals surface area (Å²) in [5, 5.41) is 8.39. The maximum absolute atomic E-state index is 10.2. The molecule has 0 heterocycles. The summed E-state index contributed by atoms with van der Waals surface area (Å²) in [4.78, 5) is 10.2. The van der Waals surface area contributed by atoms with Gasteiger partial charge in [-0.25, -0.2) is 0 Å². The van der Waals surface area contributed by atoms with Gasteiger partial charge in [0, 0.05) is 0 Å². The molecule has 0 aromatic rings. The van der Waals surface area contributed by atoms with E-state index in [1.54, 1.807) is 0 Å². The lowest BCUT2D eigenvalue weighted by molar-refractivity contribution is -0.137. The molecule has 56 valence electrons. The van der Waals surface area contributed by atoms with Crippen molar-refractivity contribution in [2.24, 2.45) is 5.92 Å². The second-order valence-electron chi connectivity index (χ2n) is 2.90. The Morgan fingerprint density at radius 2 is 2.40 bits per heavy atom. The van der Waals surface area contributed by atoms with Gasteiger partial charge >= 0.3 is 5.97 Å². The smallest absolute Gasteiger partial charge is 0.303 e. The van der Waals surface area contributed by atoms with Crippen LogP contribution in [0.4, 0.5) is 0 Å². The highest BCUT2D eigenvalue weighted by Crippen LogP contribution is 2.29. The van der Waals surface area contributed by atoms with Crippen LogP contribution in [-0.2, 0) is 4.79 Å². The topological polar surface area (TPSA) is 37.3 Å². The van der Waals surface area contributed by atoms with Gasteiger partial charge < -0.3 is 5.11 Å². The molecule has 1 aliphatic rings. The number of allylic oxidation sites excluding steroid dienone is 2. The predicted molar refractivity (Wildman–Crippen MR) is 38.7 cm³/mol. The third kappa shape index (κ3) is 2.67. The molecule has 0 aromatic carbocycles. The molecule has 0 aliphatic heterocycles. The molecule has 1 N–H and O–H groups in total. The molecule has 2 nitrogen and oxygen atoms in total. The first-order chi connectivity index (χ1) is 4.68. The monoisotopic (exact) mass is 140 g/mol. The highest BCUT2D eigenvalue weighted by atomic mass is 16.4. The summed E-state index contributed by atoms with van der Waals surface area (Å²) in [6.07, 6.45) is 4.71. The molecule has 0 unspecified atom stereocenters. The van der Waals surface area contributed by atoms with Gasteiger partial charge in [0.15, 0.2) is 0 Å². The third-order valence-corrected chi connectivity index (χ3v) is 1.56. The van der Waals surface area contributed by atoms with Crippen molar-refractivity contribution in [3.05, 3.63) is 11.6 Å². The lowest BCUT2D eigenvalue weighted by Gasteiger charge is -1.98. The molecule has 0 saturated heterocycles. The molecule has 0 bridgehead atoms. The molecule has 0 amide bonds. The first-order valence-electron chi connectivity index (χ1n) is 3.60. The first-order valence-corrected chi connectivity index (χ1v) is 3.60. The first kappa shape index (κ1) is 7.32. The van der Waals surface area contributed by atoms with Crippen LogP contribution >= 0.6 is 0 Å². The number of aliphatic carboxylic acids is 1. The van der Waals surface area contributed by atoms with E-state index in [0.717, 1.165) is 0 Å². The Hall–Kier alpha value is -0.790. The van der Waals surface area contributed by atoms with Crippen LogP contribution in [0.1, 0.15) is 26.2 Å². The normalized spacial score (nSPS) is 18.3. The van der Waals surface area contributed by atoms with Crippen molar-refractivity contribution in [2.45, 2.75) is 26.2 Å². The quantitative estimate of drug-likeness (QED) is 0.607. The number of carboxylic acid groups (broad SMARTS) is 1. The van der Waals surface area contributed by atoms with Gasteiger partial charge in [-0.3, -0.25) is 4.79 Å². The standard InChI is InChI=1S/C8H12O2/c1-6(5-8(9)10)4-7-2-3-7/h4,6H,2-3,5H2,1H3,(H,9,10)/t6-/m1/s1. The van der Waals surface area contributed by atoms with E-state index in [0.29, 0.717) is 0 Å². The summed E-state index contributed by atoms with van der Waals surface area (Å²) in [6, 6.07) is 0. The van der Waals surface area contributed by atoms with Crippen molar-refractivity contribution in [2.75, 3.05) is 0 Å². The van der Waals surface area contributed by atoms with Crippen LogP contribution in [0.3, 0.4) is 0 Å². The molecule has 0 aromatic heterocycles. The zero-order chi connectivity index (χ0) is 7.56. The van der Waals surface area contributed by atoms with Crippen LogP contribution in [0.2, 0.25) is 0 Å². The van der Waals surface area contributed by atoms with Gasteiger partial charge in [-0.1, -0.05) is 18.6 Å². The number of rotatable bonds is 3. The molecule has 2 heteroatoms. The van der Waals surface area contributed by atoms with Gasteiger partial charge in [-0.15, -0.1) is 0 Å². The minimum absolute atomic E-state index is 0.218. The van der Waals surface area contributed by atoms with Gasteiger partial charge in [0.1, 0.15) is 0 Å². The van der Waals surface area contributed by atoms with E-state index in [-0.39, 0.29) is 12.3 Å². The lowest BCUT2D eigenvalue weighted by atomic mass is 10.1. The van der Waals surface area contributed by atoms with Crippen LogP contribution in [0.25, 0.3) is 0 Å². The van der Waals surface area contributed by atoms with Gasteiger partial charge in [-0.2, -0.15) is 0 Å². The van der Waals surface area contributed by atoms with Crippen molar-refractivity contribution < 1.29 is 9.90 Å². The number of carbonyl (C=O) groups is 1. The molecule has 0 radical (unpaired) electrons. The van der Waals surface area contributed by atoms with Crippen molar-refractivity contribution in [1.82, 2.24) is 0 Å². The average Bonchev–Trinajstić information content (AvgIpc) is 2.46. The molecular weight excluding hydrogens is 128 g/mol. The minimum atomic E-state index is -0.704. The molecule has 1 aliphatic carbocycles. The fourth-order valence-corrected chi connectivity index (χ4v) is 0.976. The fraction of sp³-hybridized carbons (Fsp3) is 0.625. The van der Waals surface area contributed by atoms with E-state index in [1.165, 1.54) is 18.4 Å². The minimum Gasteiger partial charge on any atom is -0.481 e. The Bertz CT molecular complexity index is 164. The third-order valence-electron chi connectivity index (χ3n) is 1.56. The molecule has 1 saturated carbocycles. The molecule has 0 spiro atoms. The predicted octanol–water partition coefficient (Wildman–Crippen LogP) is 1.82. The van der Waals surface area contributed by atoms with E-state index in [9.17, 15) is 4.79 Å². The van der Waals surface area contributed by atoms with Crippen LogP contribution in [0, 0.1) is 5.92 Å². The SMILES string of the molecule is C[C@H](C=C1CC1)CC(=O)O. The summed E-state index contributed by atoms with van der Waals surface area (Å²) in [5.41, 5.74) is 1.42. The second-order valence-corrected chi connectivity index (χ2v) is 2.90. The van der Waals surface area contributed by atoms with Crippen LogP contribution in [0.5, 0.6) is 0 Å². The Kier molecular flexibility index (Phi) is 2.10. The van der Waals surface area contributed by atoms with Crippen LogP contribution in [-0.4, -0.2) is 11.1 Å². The van der Waals surface area contributed by atoms with E-state index in [4.69, 9.17) is 5.11 Å². The van der Waals surface area contributed by atoms with Gasteiger partial charge in [-0.05, 0) is 18.8 Å². The average molecular weight is 140 g/mol. The van der Waals surface area contributed by atoms with Gasteiger partial charge in [0.05, 0.1) is 6.42 Å². The molecule has 10 heavy (non-hydrogen) atoms. The Morgan fingerprint density at radius 1 is 1.80 bits per heavy atom. The summed E-state index contributed by atoms with van der Waals surface area (Å²) in [6.45, 7) is 1.94. The summed E-state index contributed by atoms with van der Waals surface area (Å²) in [5.74, 6) is -0.486. The van der Waals surface area contributed by atoms with E-state index in [2.05, 4.69) is 6.08 Å². The summed E-state index contributed by atoms with van der Waals surface area (Å²) < 4.78 is 0. The maximum atomic E-state index is 10.2. The highest BCUT2D eigenvalue weighted by Gasteiger charge is 2.13. The largest absolute Gasteiger partial charge is 0.481 e. The Balaban J connectivity index is 2.27. The maximum Gasteiger partial charge on any atom is 0.303 e. The van der Waals surface area contributed by atoms with Crippen molar-refractivity contribution in [1.29, 1.82) is 0 Å². The zero-order valence-corrected chi connectivity index (χ0v) is 6.13. The van der Waals surface area contributed by atoms with Gasteiger partial charge in [0.2, 0.25) is 0 Å². The zero-order valence-electron chi connectivity index (χ0n) is 6.13. The summed E-state index contributed by atoms with van der Waals surface area (Å²) >= 11 is 0.